The molecule has 0 aliphatic rings. The summed E-state index contributed by atoms with van der Waals surface area (Å²) in [6.07, 6.45) is 3.02. The van der Waals surface area contributed by atoms with Gasteiger partial charge in [-0.25, -0.2) is 10.4 Å². The summed E-state index contributed by atoms with van der Waals surface area (Å²) in [6, 6.07) is 21.7. The van der Waals surface area contributed by atoms with Gasteiger partial charge in [-0.15, -0.1) is 0 Å². The van der Waals surface area contributed by atoms with E-state index in [4.69, 9.17) is 9.40 Å². The number of carbonyl (C=O) groups excluding carboxylic acids is 1. The van der Waals surface area contributed by atoms with E-state index in [9.17, 15) is 4.79 Å². The predicted molar refractivity (Wildman–Crippen MR) is 110 cm³/mol. The highest BCUT2D eigenvalue weighted by Crippen LogP contribution is 2.25. The number of fused-ring (bicyclic) bond motifs is 1. The van der Waals surface area contributed by atoms with Gasteiger partial charge in [0.05, 0.1) is 35.8 Å². The van der Waals surface area contributed by atoms with E-state index in [0.29, 0.717) is 12.3 Å². The Kier molecular flexibility index (Phi) is 5.53. The minimum absolute atomic E-state index is 0.203. The van der Waals surface area contributed by atoms with Crippen molar-refractivity contribution in [1.29, 1.82) is 0 Å². The number of hydrazone groups is 1. The van der Waals surface area contributed by atoms with E-state index >= 15 is 0 Å². The third-order valence-corrected chi connectivity index (χ3v) is 5.04. The van der Waals surface area contributed by atoms with Crippen LogP contribution < -0.4 is 5.43 Å². The predicted octanol–water partition coefficient (Wildman–Crippen LogP) is 3.92. The van der Waals surface area contributed by atoms with Crippen molar-refractivity contribution in [3.05, 3.63) is 84.3 Å². The highest BCUT2D eigenvalue weighted by atomic mass is 32.2. The second-order valence-corrected chi connectivity index (χ2v) is 6.99. The lowest BCUT2D eigenvalue weighted by Gasteiger charge is -2.09. The molecule has 0 radical (unpaired) electrons. The molecule has 0 atom stereocenters. The number of hydrogen-bond acceptors (Lipinski definition) is 5. The number of para-hydroxylation sites is 2. The summed E-state index contributed by atoms with van der Waals surface area (Å²) in [4.78, 5) is 16.8. The van der Waals surface area contributed by atoms with E-state index in [1.54, 1.807) is 18.4 Å². The summed E-state index contributed by atoms with van der Waals surface area (Å²) >= 11 is 1.39. The Morgan fingerprint density at radius 1 is 1.11 bits per heavy atom. The summed E-state index contributed by atoms with van der Waals surface area (Å²) in [7, 11) is 0. The number of thioether (sulfide) groups is 1. The second-order valence-electron chi connectivity index (χ2n) is 6.05. The number of nitrogens with one attached hydrogen (secondary N) is 1. The fourth-order valence-electron chi connectivity index (χ4n) is 2.78. The fourth-order valence-corrected chi connectivity index (χ4v) is 3.58. The highest BCUT2D eigenvalue weighted by molar-refractivity contribution is 7.99. The monoisotopic (exact) mass is 390 g/mol. The summed E-state index contributed by atoms with van der Waals surface area (Å²) in [6.45, 7) is 0.696. The maximum atomic E-state index is 12.1. The van der Waals surface area contributed by atoms with Crippen LogP contribution in [-0.4, -0.2) is 27.4 Å². The molecule has 0 spiro atoms. The summed E-state index contributed by atoms with van der Waals surface area (Å²) in [5.41, 5.74) is 5.65. The Morgan fingerprint density at radius 2 is 1.93 bits per heavy atom. The van der Waals surface area contributed by atoms with Gasteiger partial charge in [0, 0.05) is 0 Å². The van der Waals surface area contributed by atoms with Crippen LogP contribution in [0, 0.1) is 0 Å². The molecule has 0 fully saturated rings. The lowest BCUT2D eigenvalue weighted by Crippen LogP contribution is -2.20. The lowest BCUT2D eigenvalue weighted by atomic mass is 10.2. The largest absolute Gasteiger partial charge is 0.463 e. The molecule has 0 bridgehead atoms. The van der Waals surface area contributed by atoms with Gasteiger partial charge in [-0.05, 0) is 29.8 Å². The van der Waals surface area contributed by atoms with Crippen LogP contribution >= 0.6 is 11.8 Å². The third kappa shape index (κ3) is 4.32. The standard InChI is InChI=1S/C21H18N4O2S/c26-20(24-22-13-17-9-6-12-27-17)15-28-21-23-18-10-4-5-11-19(18)25(21)14-16-7-2-1-3-8-16/h1-13H,14-15H2,(H,24,26)/b22-13-. The summed E-state index contributed by atoms with van der Waals surface area (Å²) in [5, 5.41) is 4.70. The van der Waals surface area contributed by atoms with Crippen LogP contribution in [0.15, 0.2) is 87.7 Å². The third-order valence-electron chi connectivity index (χ3n) is 4.06. The molecule has 2 heterocycles. The first-order valence-corrected chi connectivity index (χ1v) is 9.75. The highest BCUT2D eigenvalue weighted by Gasteiger charge is 2.13. The van der Waals surface area contributed by atoms with Gasteiger partial charge < -0.3 is 8.98 Å². The van der Waals surface area contributed by atoms with Gasteiger partial charge >= 0.3 is 0 Å². The zero-order chi connectivity index (χ0) is 19.2. The Hall–Kier alpha value is -3.32. The molecule has 140 valence electrons. The number of hydrogen-bond donors (Lipinski definition) is 1. The molecule has 0 saturated heterocycles. The topological polar surface area (TPSA) is 72.4 Å². The zero-order valence-electron chi connectivity index (χ0n) is 15.0. The molecule has 7 heteroatoms. The van der Waals surface area contributed by atoms with Crippen LogP contribution in [0.5, 0.6) is 0 Å². The molecular weight excluding hydrogens is 372 g/mol. The number of nitrogens with zero attached hydrogens (tertiary/aromatic N) is 3. The van der Waals surface area contributed by atoms with E-state index in [-0.39, 0.29) is 11.7 Å². The molecule has 0 aliphatic carbocycles. The van der Waals surface area contributed by atoms with E-state index in [1.807, 2.05) is 42.5 Å². The van der Waals surface area contributed by atoms with Gasteiger partial charge in [0.15, 0.2) is 5.16 Å². The van der Waals surface area contributed by atoms with Gasteiger partial charge in [0.2, 0.25) is 0 Å². The van der Waals surface area contributed by atoms with Gasteiger partial charge in [-0.1, -0.05) is 54.2 Å². The van der Waals surface area contributed by atoms with Crippen LogP contribution in [0.1, 0.15) is 11.3 Å². The van der Waals surface area contributed by atoms with Crippen LogP contribution in [0.25, 0.3) is 11.0 Å². The Balaban J connectivity index is 1.47. The van der Waals surface area contributed by atoms with Crippen LogP contribution in [-0.2, 0) is 11.3 Å². The minimum atomic E-state index is -0.203. The molecule has 0 saturated carbocycles. The van der Waals surface area contributed by atoms with Gasteiger partial charge in [-0.3, -0.25) is 4.79 Å². The van der Waals surface area contributed by atoms with Crippen molar-refractivity contribution in [1.82, 2.24) is 15.0 Å². The number of carbonyl (C=O) groups is 1. The van der Waals surface area contributed by atoms with Crippen molar-refractivity contribution in [3.63, 3.8) is 0 Å². The van der Waals surface area contributed by atoms with Gasteiger partial charge in [0.1, 0.15) is 5.76 Å². The van der Waals surface area contributed by atoms with E-state index in [0.717, 1.165) is 16.2 Å². The number of furan rings is 1. The minimum Gasteiger partial charge on any atom is -0.463 e. The van der Waals surface area contributed by atoms with Crippen LogP contribution in [0.2, 0.25) is 0 Å². The SMILES string of the molecule is O=C(CSc1nc2ccccc2n1Cc1ccccc1)N/N=C\c1ccco1. The molecule has 4 aromatic rings. The number of rotatable bonds is 7. The second kappa shape index (κ2) is 8.58. The number of imidazole rings is 1. The first-order chi connectivity index (χ1) is 13.8. The Morgan fingerprint density at radius 3 is 2.75 bits per heavy atom. The molecule has 28 heavy (non-hydrogen) atoms. The Bertz CT molecular complexity index is 1090. The molecule has 4 rings (SSSR count). The first kappa shape index (κ1) is 18.1. The molecule has 0 aliphatic heterocycles. The normalized spacial score (nSPS) is 11.3. The van der Waals surface area contributed by atoms with Gasteiger partial charge in [0.25, 0.3) is 5.91 Å². The zero-order valence-corrected chi connectivity index (χ0v) is 15.8. The van der Waals surface area contributed by atoms with E-state index in [2.05, 4.69) is 27.2 Å². The maximum Gasteiger partial charge on any atom is 0.250 e. The van der Waals surface area contributed by atoms with Crippen molar-refractivity contribution >= 4 is 34.9 Å². The molecule has 2 aromatic carbocycles. The van der Waals surface area contributed by atoms with Crippen LogP contribution in [0.4, 0.5) is 0 Å². The van der Waals surface area contributed by atoms with E-state index in [1.165, 1.54) is 23.5 Å². The lowest BCUT2D eigenvalue weighted by molar-refractivity contribution is -0.118. The average Bonchev–Trinajstić information content (AvgIpc) is 3.36. The summed E-state index contributed by atoms with van der Waals surface area (Å²) < 4.78 is 7.27. The van der Waals surface area contributed by atoms with Crippen molar-refractivity contribution < 1.29 is 9.21 Å². The van der Waals surface area contributed by atoms with Gasteiger partial charge in [-0.2, -0.15) is 5.10 Å². The smallest absolute Gasteiger partial charge is 0.250 e. The van der Waals surface area contributed by atoms with Crippen molar-refractivity contribution in [3.8, 4) is 0 Å². The quantitative estimate of drug-likeness (QED) is 0.295. The van der Waals surface area contributed by atoms with Crippen LogP contribution in [0.3, 0.4) is 0 Å². The average molecular weight is 390 g/mol. The molecular formula is C21H18N4O2S. The number of amides is 1. The van der Waals surface area contributed by atoms with Crippen molar-refractivity contribution in [2.24, 2.45) is 5.10 Å². The number of benzene rings is 2. The molecule has 0 unspecified atom stereocenters. The fraction of sp³-hybridized carbons (Fsp3) is 0.0952. The first-order valence-electron chi connectivity index (χ1n) is 8.77. The summed E-state index contributed by atoms with van der Waals surface area (Å²) in [5.74, 6) is 0.594. The molecule has 6 nitrogen and oxygen atoms in total. The molecule has 2 aromatic heterocycles. The van der Waals surface area contributed by atoms with E-state index < -0.39 is 0 Å². The number of aromatic nitrogens is 2. The van der Waals surface area contributed by atoms with Crippen molar-refractivity contribution in [2.75, 3.05) is 5.75 Å². The molecule has 1 amide bonds. The maximum absolute atomic E-state index is 12.1. The Labute approximate surface area is 166 Å². The molecule has 1 N–H and O–H groups in total. The van der Waals surface area contributed by atoms with Crippen molar-refractivity contribution in [2.45, 2.75) is 11.7 Å².